The van der Waals surface area contributed by atoms with Crippen LogP contribution in [0.1, 0.15) is 26.3 Å². The molecule has 0 heterocycles. The van der Waals surface area contributed by atoms with Gasteiger partial charge in [-0.1, -0.05) is 48.0 Å². The molecule has 0 bridgehead atoms. The molecule has 258 valence electrons. The first-order valence-corrected chi connectivity index (χ1v) is 12.8. The summed E-state index contributed by atoms with van der Waals surface area (Å²) in [6.45, 7) is -0.128. The average Bonchev–Trinajstić information content (AvgIpc) is 3.03. The number of nitrogens with one attached hydrogen (secondary N) is 1. The number of alkyl halides is 9. The molecule has 0 aromatic heterocycles. The zero-order valence-electron chi connectivity index (χ0n) is 23.0. The third-order valence-electron chi connectivity index (χ3n) is 5.71. The molecular formula is C28H15ClF11NO7. The number of amides is 1. The number of hydrogen-bond acceptors (Lipinski definition) is 7. The number of esters is 1. The number of allylic oxidation sites excluding steroid dienone is 1. The highest BCUT2D eigenvalue weighted by molar-refractivity contribution is 6.30. The highest BCUT2D eigenvalue weighted by atomic mass is 35.5. The summed E-state index contributed by atoms with van der Waals surface area (Å²) in [6, 6.07) is 11.9. The summed E-state index contributed by atoms with van der Waals surface area (Å²) < 4.78 is 154. The Kier molecular flexibility index (Phi) is 11.2. The van der Waals surface area contributed by atoms with Gasteiger partial charge in [-0.05, 0) is 35.9 Å². The molecule has 0 aliphatic heterocycles. The van der Waals surface area contributed by atoms with Crippen LogP contribution in [0, 0.1) is 0 Å². The molecule has 0 aliphatic rings. The minimum atomic E-state index is -7.58. The van der Waals surface area contributed by atoms with Gasteiger partial charge in [-0.15, -0.1) is 0 Å². The molecule has 0 spiro atoms. The van der Waals surface area contributed by atoms with Crippen molar-refractivity contribution in [1.82, 2.24) is 0 Å². The molecule has 0 aliphatic carbocycles. The van der Waals surface area contributed by atoms with Crippen LogP contribution in [0.3, 0.4) is 0 Å². The van der Waals surface area contributed by atoms with Crippen LogP contribution in [0.5, 0.6) is 5.75 Å². The van der Waals surface area contributed by atoms with E-state index < -0.39 is 64.9 Å². The van der Waals surface area contributed by atoms with Crippen molar-refractivity contribution in [2.75, 3.05) is 5.32 Å². The molecule has 20 heteroatoms. The molecule has 3 aromatic rings. The fraction of sp³-hybridized carbons (Fsp3) is 0.179. The van der Waals surface area contributed by atoms with Gasteiger partial charge in [-0.3, -0.25) is 10.2 Å². The van der Waals surface area contributed by atoms with Gasteiger partial charge < -0.3 is 9.47 Å². The van der Waals surface area contributed by atoms with E-state index in [1.807, 2.05) is 0 Å². The van der Waals surface area contributed by atoms with Crippen molar-refractivity contribution in [2.45, 2.75) is 30.6 Å². The zero-order chi connectivity index (χ0) is 36.1. The largest absolute Gasteiger partial charge is 0.460 e. The van der Waals surface area contributed by atoms with Crippen molar-refractivity contribution in [2.24, 2.45) is 0 Å². The van der Waals surface area contributed by atoms with Crippen molar-refractivity contribution in [3.63, 3.8) is 0 Å². The molecule has 0 fully saturated rings. The van der Waals surface area contributed by atoms with Gasteiger partial charge in [0.1, 0.15) is 6.61 Å². The normalized spacial score (nSPS) is 12.8. The Morgan fingerprint density at radius 3 is 1.92 bits per heavy atom. The summed E-state index contributed by atoms with van der Waals surface area (Å²) >= 11 is 5.92. The maximum absolute atomic E-state index is 13.7. The Morgan fingerprint density at radius 2 is 1.31 bits per heavy atom. The van der Waals surface area contributed by atoms with Crippen LogP contribution >= 0.6 is 11.6 Å². The number of ether oxygens (including phenoxy) is 2. The third-order valence-corrected chi connectivity index (χ3v) is 5.95. The van der Waals surface area contributed by atoms with Crippen LogP contribution < -0.4 is 10.1 Å². The van der Waals surface area contributed by atoms with Crippen LogP contribution in [-0.4, -0.2) is 42.0 Å². The molecule has 0 radical (unpaired) electrons. The molecule has 0 saturated carbocycles. The van der Waals surface area contributed by atoms with E-state index in [4.69, 9.17) is 21.1 Å². The Bertz CT molecular complexity index is 1700. The Balaban J connectivity index is 1.71. The van der Waals surface area contributed by atoms with Gasteiger partial charge in [0.05, 0.1) is 16.8 Å². The monoisotopic (exact) mass is 721 g/mol. The molecular weight excluding hydrogens is 707 g/mol. The smallest absolute Gasteiger partial charge is 0.444 e. The Morgan fingerprint density at radius 1 is 0.708 bits per heavy atom. The number of anilines is 1. The number of carbonyl (C=O) groups is 3. The zero-order valence-corrected chi connectivity index (χ0v) is 23.8. The molecule has 48 heavy (non-hydrogen) atoms. The van der Waals surface area contributed by atoms with Crippen molar-refractivity contribution < 1.29 is 81.9 Å². The van der Waals surface area contributed by atoms with E-state index in [2.05, 4.69) is 15.1 Å². The van der Waals surface area contributed by atoms with Gasteiger partial charge in [0, 0.05) is 11.1 Å². The Hall–Kier alpha value is -5.07. The highest BCUT2D eigenvalue weighted by Crippen LogP contribution is 2.55. The Labute approximate surface area is 265 Å². The fourth-order valence-electron chi connectivity index (χ4n) is 3.28. The van der Waals surface area contributed by atoms with Crippen LogP contribution in [0.15, 0.2) is 84.6 Å². The highest BCUT2D eigenvalue weighted by Gasteiger charge is 2.83. The molecule has 1 amide bonds. The van der Waals surface area contributed by atoms with Gasteiger partial charge in [0.25, 0.3) is 5.83 Å². The maximum Gasteiger partial charge on any atom is 0.460 e. The summed E-state index contributed by atoms with van der Waals surface area (Å²) in [4.78, 5) is 43.9. The van der Waals surface area contributed by atoms with E-state index in [0.29, 0.717) is 11.6 Å². The predicted molar refractivity (Wildman–Crippen MR) is 140 cm³/mol. The van der Waals surface area contributed by atoms with Gasteiger partial charge in [-0.25, -0.2) is 19.3 Å². The van der Waals surface area contributed by atoms with Crippen molar-refractivity contribution >= 4 is 35.3 Å². The minimum absolute atomic E-state index is 0.0169. The summed E-state index contributed by atoms with van der Waals surface area (Å²) in [5, 5.41) is 2.33. The number of benzene rings is 3. The van der Waals surface area contributed by atoms with Gasteiger partial charge in [0.2, 0.25) is 0 Å². The standard InChI is InChI=1S/C28H15ClF11NO7/c29-17-9-10-18(41-24(44)45-13-14-5-2-1-3-6-14)19(12-17)46-22(42)15-7-4-8-16(11-15)23(43)48-47-21(31)20(30)25(32,33)26(34,35)27(36,37)28(38,39)40/h1-12H,13H2,(H,41,44). The minimum Gasteiger partial charge on any atom is -0.444 e. The van der Waals surface area contributed by atoms with Crippen molar-refractivity contribution in [1.29, 1.82) is 0 Å². The van der Waals surface area contributed by atoms with Crippen molar-refractivity contribution in [3.05, 3.63) is 106 Å². The lowest BCUT2D eigenvalue weighted by atomic mass is 10.0. The first-order valence-electron chi connectivity index (χ1n) is 12.4. The van der Waals surface area contributed by atoms with E-state index in [0.717, 1.165) is 24.3 Å². The lowest BCUT2D eigenvalue weighted by molar-refractivity contribution is -0.392. The molecule has 8 nitrogen and oxygen atoms in total. The van der Waals surface area contributed by atoms with E-state index in [9.17, 15) is 62.7 Å². The third kappa shape index (κ3) is 8.25. The van der Waals surface area contributed by atoms with Gasteiger partial charge in [-0.2, -0.15) is 48.3 Å². The number of rotatable bonds is 11. The molecule has 1 N–H and O–H groups in total. The van der Waals surface area contributed by atoms with E-state index in [1.165, 1.54) is 12.1 Å². The van der Waals surface area contributed by atoms with E-state index in [-0.39, 0.29) is 23.1 Å². The molecule has 0 atom stereocenters. The topological polar surface area (TPSA) is 100 Å². The molecule has 0 unspecified atom stereocenters. The number of halogens is 12. The summed E-state index contributed by atoms with van der Waals surface area (Å²) in [6.07, 6.45) is -8.30. The van der Waals surface area contributed by atoms with E-state index >= 15 is 0 Å². The molecule has 0 saturated heterocycles. The second kappa shape index (κ2) is 14.4. The second-order valence-electron chi connectivity index (χ2n) is 9.06. The molecule has 3 aromatic carbocycles. The second-order valence-corrected chi connectivity index (χ2v) is 9.50. The predicted octanol–water partition coefficient (Wildman–Crippen LogP) is 8.97. The lowest BCUT2D eigenvalue weighted by Crippen LogP contribution is -2.61. The quantitative estimate of drug-likeness (QED) is 0.0527. The van der Waals surface area contributed by atoms with E-state index in [1.54, 1.807) is 30.3 Å². The fourth-order valence-corrected chi connectivity index (χ4v) is 3.44. The first-order chi connectivity index (χ1) is 22.2. The molecule has 3 rings (SSSR count). The van der Waals surface area contributed by atoms with Gasteiger partial charge in [0.15, 0.2) is 5.75 Å². The summed E-state index contributed by atoms with van der Waals surface area (Å²) in [5.74, 6) is -30.1. The maximum atomic E-state index is 13.7. The number of carbonyl (C=O) groups excluding carboxylic acids is 3. The number of hydrogen-bond donors (Lipinski definition) is 1. The van der Waals surface area contributed by atoms with Crippen molar-refractivity contribution in [3.8, 4) is 5.75 Å². The summed E-state index contributed by atoms with van der Waals surface area (Å²) in [5.41, 5.74) is -0.806. The first kappa shape index (κ1) is 37.4. The van der Waals surface area contributed by atoms with Crippen LogP contribution in [0.25, 0.3) is 0 Å². The SMILES string of the molecule is O=C(Nc1ccc(Cl)cc1OC(=O)c1cccc(C(=O)OOC(F)=C(F)C(F)(F)C(F)(F)C(F)(F)C(F)(F)F)c1)OCc1ccccc1. The van der Waals surface area contributed by atoms with Crippen LogP contribution in [0.4, 0.5) is 58.8 Å². The summed E-state index contributed by atoms with van der Waals surface area (Å²) in [7, 11) is 0. The van der Waals surface area contributed by atoms with Crippen LogP contribution in [-0.2, 0) is 21.1 Å². The average molecular weight is 722 g/mol. The van der Waals surface area contributed by atoms with Gasteiger partial charge >= 0.3 is 48.0 Å². The lowest BCUT2D eigenvalue weighted by Gasteiger charge is -2.32. The van der Waals surface area contributed by atoms with Crippen LogP contribution in [0.2, 0.25) is 5.02 Å².